The lowest BCUT2D eigenvalue weighted by molar-refractivity contribution is 0.0379. The molecule has 5 nitrogen and oxygen atoms in total. The van der Waals surface area contributed by atoms with Crippen LogP contribution in [0.15, 0.2) is 12.2 Å². The molecule has 2 atom stereocenters. The molecule has 0 N–H and O–H groups in total. The largest absolute Gasteiger partial charge is 0.443 e. The third-order valence-electron chi connectivity index (χ3n) is 1.91. The summed E-state index contributed by atoms with van der Waals surface area (Å²) in [5, 5.41) is 0. The summed E-state index contributed by atoms with van der Waals surface area (Å²) in [5.41, 5.74) is 0.0976. The SMILES string of the molecule is C=C(C)C1COS(=O)N1C(=O)OC(C)(C)C. The lowest BCUT2D eigenvalue weighted by atomic mass is 10.1. The standard InChI is InChI=1S/C10H17NO4S/c1-7(2)8-6-14-16(13)11(8)9(12)15-10(3,4)5/h8H,1,6H2,2-5H3. The van der Waals surface area contributed by atoms with E-state index in [4.69, 9.17) is 8.92 Å². The molecular weight excluding hydrogens is 230 g/mol. The lowest BCUT2D eigenvalue weighted by Gasteiger charge is -2.25. The average Bonchev–Trinajstić information content (AvgIpc) is 2.43. The molecule has 0 spiro atoms. The Labute approximate surface area is 98.2 Å². The Hall–Kier alpha value is -0.880. The molecular formula is C10H17NO4S. The van der Waals surface area contributed by atoms with E-state index in [-0.39, 0.29) is 12.6 Å². The van der Waals surface area contributed by atoms with Gasteiger partial charge in [0.2, 0.25) is 0 Å². The van der Waals surface area contributed by atoms with Crippen LogP contribution in [-0.4, -0.2) is 32.9 Å². The third-order valence-corrected chi connectivity index (χ3v) is 2.98. The Morgan fingerprint density at radius 2 is 2.12 bits per heavy atom. The molecule has 1 heterocycles. The second kappa shape index (κ2) is 4.55. The van der Waals surface area contributed by atoms with Crippen LogP contribution in [0.2, 0.25) is 0 Å². The monoisotopic (exact) mass is 247 g/mol. The Balaban J connectivity index is 2.80. The first-order valence-electron chi connectivity index (χ1n) is 4.95. The first-order chi connectivity index (χ1) is 7.22. The van der Waals surface area contributed by atoms with Crippen molar-refractivity contribution < 1.29 is 17.9 Å². The van der Waals surface area contributed by atoms with Gasteiger partial charge < -0.3 is 4.74 Å². The maximum Gasteiger partial charge on any atom is 0.424 e. The number of rotatable bonds is 1. The first-order valence-corrected chi connectivity index (χ1v) is 5.98. The predicted octanol–water partition coefficient (Wildman–Crippen LogP) is 1.78. The molecule has 2 unspecified atom stereocenters. The van der Waals surface area contributed by atoms with E-state index in [0.29, 0.717) is 0 Å². The zero-order valence-electron chi connectivity index (χ0n) is 9.98. The van der Waals surface area contributed by atoms with E-state index in [1.54, 1.807) is 27.7 Å². The van der Waals surface area contributed by atoms with E-state index in [0.717, 1.165) is 9.88 Å². The Bertz CT molecular complexity index is 334. The van der Waals surface area contributed by atoms with Crippen LogP contribution in [0, 0.1) is 0 Å². The van der Waals surface area contributed by atoms with Crippen molar-refractivity contribution in [3.8, 4) is 0 Å². The first kappa shape index (κ1) is 13.2. The van der Waals surface area contributed by atoms with Crippen molar-refractivity contribution >= 4 is 17.4 Å². The molecule has 0 aromatic carbocycles. The molecule has 0 saturated carbocycles. The number of carbonyl (C=O) groups is 1. The van der Waals surface area contributed by atoms with Gasteiger partial charge in [0.15, 0.2) is 0 Å². The van der Waals surface area contributed by atoms with E-state index < -0.39 is 23.0 Å². The van der Waals surface area contributed by atoms with Crippen LogP contribution in [0.4, 0.5) is 4.79 Å². The molecule has 0 bridgehead atoms. The normalized spacial score (nSPS) is 25.6. The highest BCUT2D eigenvalue weighted by atomic mass is 32.2. The van der Waals surface area contributed by atoms with Gasteiger partial charge in [0.25, 0.3) is 11.3 Å². The van der Waals surface area contributed by atoms with Gasteiger partial charge in [-0.2, -0.15) is 4.31 Å². The van der Waals surface area contributed by atoms with E-state index in [1.807, 2.05) is 0 Å². The summed E-state index contributed by atoms with van der Waals surface area (Å²) in [6.07, 6.45) is -0.642. The molecule has 1 fully saturated rings. The minimum atomic E-state index is -1.78. The van der Waals surface area contributed by atoms with Gasteiger partial charge in [-0.05, 0) is 27.7 Å². The van der Waals surface area contributed by atoms with E-state index >= 15 is 0 Å². The zero-order chi connectivity index (χ0) is 12.5. The van der Waals surface area contributed by atoms with Gasteiger partial charge in [0.05, 0.1) is 12.6 Å². The Kier molecular flexibility index (Phi) is 3.75. The topological polar surface area (TPSA) is 55.8 Å². The molecule has 1 rings (SSSR count). The van der Waals surface area contributed by atoms with Crippen molar-refractivity contribution in [2.45, 2.75) is 39.3 Å². The minimum absolute atomic E-state index is 0.196. The Morgan fingerprint density at radius 3 is 2.56 bits per heavy atom. The predicted molar refractivity (Wildman–Crippen MR) is 60.8 cm³/mol. The molecule has 0 radical (unpaired) electrons. The molecule has 1 aliphatic heterocycles. The summed E-state index contributed by atoms with van der Waals surface area (Å²) in [6, 6.07) is -0.379. The number of nitrogens with zero attached hydrogens (tertiary/aromatic N) is 1. The van der Waals surface area contributed by atoms with Gasteiger partial charge in [0.1, 0.15) is 5.60 Å². The van der Waals surface area contributed by atoms with Crippen molar-refractivity contribution in [1.82, 2.24) is 4.31 Å². The summed E-state index contributed by atoms with van der Waals surface area (Å²) < 4.78 is 22.6. The summed E-state index contributed by atoms with van der Waals surface area (Å²) in [5.74, 6) is 0. The highest BCUT2D eigenvalue weighted by molar-refractivity contribution is 7.78. The second-order valence-electron chi connectivity index (χ2n) is 4.67. The Morgan fingerprint density at radius 1 is 1.56 bits per heavy atom. The van der Waals surface area contributed by atoms with Gasteiger partial charge in [-0.15, -0.1) is 0 Å². The zero-order valence-corrected chi connectivity index (χ0v) is 10.8. The number of amides is 1. The number of hydrogen-bond acceptors (Lipinski definition) is 4. The van der Waals surface area contributed by atoms with Gasteiger partial charge in [-0.1, -0.05) is 12.2 Å². The molecule has 1 saturated heterocycles. The van der Waals surface area contributed by atoms with Crippen LogP contribution in [0.5, 0.6) is 0 Å². The molecule has 0 aliphatic carbocycles. The van der Waals surface area contributed by atoms with Crippen molar-refractivity contribution in [3.63, 3.8) is 0 Å². The number of hydrogen-bond donors (Lipinski definition) is 0. The smallest absolute Gasteiger partial charge is 0.424 e. The van der Waals surface area contributed by atoms with Crippen molar-refractivity contribution in [2.75, 3.05) is 6.61 Å². The van der Waals surface area contributed by atoms with E-state index in [2.05, 4.69) is 6.58 Å². The fourth-order valence-corrected chi connectivity index (χ4v) is 2.15. The molecule has 16 heavy (non-hydrogen) atoms. The fourth-order valence-electron chi connectivity index (χ4n) is 1.19. The van der Waals surface area contributed by atoms with Gasteiger partial charge in [-0.25, -0.2) is 9.00 Å². The lowest BCUT2D eigenvalue weighted by Crippen LogP contribution is -2.41. The van der Waals surface area contributed by atoms with Crippen LogP contribution in [0.3, 0.4) is 0 Å². The maximum atomic E-state index is 11.8. The summed E-state index contributed by atoms with van der Waals surface area (Å²) in [6.45, 7) is 10.9. The molecule has 1 aliphatic rings. The second-order valence-corrected chi connectivity index (χ2v) is 5.73. The van der Waals surface area contributed by atoms with Crippen molar-refractivity contribution in [1.29, 1.82) is 0 Å². The van der Waals surface area contributed by atoms with E-state index in [1.165, 1.54) is 0 Å². The van der Waals surface area contributed by atoms with Crippen LogP contribution in [0.1, 0.15) is 27.7 Å². The third kappa shape index (κ3) is 3.05. The summed E-state index contributed by atoms with van der Waals surface area (Å²) in [7, 11) is 0. The van der Waals surface area contributed by atoms with Crippen LogP contribution >= 0.6 is 0 Å². The van der Waals surface area contributed by atoms with Crippen LogP contribution in [0.25, 0.3) is 0 Å². The minimum Gasteiger partial charge on any atom is -0.443 e. The molecule has 0 aromatic heterocycles. The van der Waals surface area contributed by atoms with E-state index in [9.17, 15) is 9.00 Å². The number of ether oxygens (including phenoxy) is 1. The quantitative estimate of drug-likeness (QED) is 0.663. The highest BCUT2D eigenvalue weighted by Gasteiger charge is 2.39. The number of carbonyl (C=O) groups excluding carboxylic acids is 1. The maximum absolute atomic E-state index is 11.8. The van der Waals surface area contributed by atoms with Crippen molar-refractivity contribution in [3.05, 3.63) is 12.2 Å². The highest BCUT2D eigenvalue weighted by Crippen LogP contribution is 2.23. The summed E-state index contributed by atoms with van der Waals surface area (Å²) >= 11 is -1.78. The summed E-state index contributed by atoms with van der Waals surface area (Å²) in [4.78, 5) is 11.8. The van der Waals surface area contributed by atoms with Gasteiger partial charge >= 0.3 is 6.09 Å². The van der Waals surface area contributed by atoms with Crippen molar-refractivity contribution in [2.24, 2.45) is 0 Å². The molecule has 0 aromatic rings. The fraction of sp³-hybridized carbons (Fsp3) is 0.700. The van der Waals surface area contributed by atoms with Gasteiger partial charge in [-0.3, -0.25) is 4.18 Å². The van der Waals surface area contributed by atoms with Gasteiger partial charge in [0, 0.05) is 0 Å². The van der Waals surface area contributed by atoms with Crippen LogP contribution < -0.4 is 0 Å². The molecule has 1 amide bonds. The average molecular weight is 247 g/mol. The van der Waals surface area contributed by atoms with Crippen LogP contribution in [-0.2, 0) is 20.2 Å². The molecule has 92 valence electrons. The molecule has 6 heteroatoms.